The third-order valence-corrected chi connectivity index (χ3v) is 4.74. The van der Waals surface area contributed by atoms with Crippen LogP contribution in [0.2, 0.25) is 10.0 Å². The molecule has 0 aromatic heterocycles. The molecule has 2 aromatic rings. The van der Waals surface area contributed by atoms with Crippen LogP contribution in [0.15, 0.2) is 36.4 Å². The molecule has 2 rings (SSSR count). The zero-order chi connectivity index (χ0) is 19.2. The monoisotopic (exact) mass is 440 g/mol. The van der Waals surface area contributed by atoms with Crippen LogP contribution in [0.1, 0.15) is 22.3 Å². The van der Waals surface area contributed by atoms with Crippen molar-refractivity contribution in [3.8, 4) is 0 Å². The molecule has 10 heteroatoms. The predicted octanol–water partition coefficient (Wildman–Crippen LogP) is 7.71. The molecule has 0 spiro atoms. The van der Waals surface area contributed by atoms with E-state index >= 15 is 0 Å². The molecule has 0 aliphatic heterocycles. The average Bonchev–Trinajstić information content (AvgIpc) is 2.45. The van der Waals surface area contributed by atoms with Gasteiger partial charge in [-0.2, -0.15) is 26.3 Å². The van der Waals surface area contributed by atoms with E-state index in [1.165, 1.54) is 0 Å². The first-order valence-electron chi connectivity index (χ1n) is 6.37. The van der Waals surface area contributed by atoms with Crippen LogP contribution in [0.5, 0.6) is 0 Å². The molecule has 0 aliphatic carbocycles. The summed E-state index contributed by atoms with van der Waals surface area (Å²) in [5.41, 5.74) is -3.09. The molecule has 0 saturated carbocycles. The van der Waals surface area contributed by atoms with Gasteiger partial charge < -0.3 is 0 Å². The van der Waals surface area contributed by atoms with Crippen molar-refractivity contribution in [1.29, 1.82) is 0 Å². The molecule has 2 aromatic carbocycles. The summed E-state index contributed by atoms with van der Waals surface area (Å²) in [7, 11) is 0. The molecule has 0 amide bonds. The lowest BCUT2D eigenvalue weighted by Crippen LogP contribution is -2.17. The Balaban J connectivity index is 2.67. The van der Waals surface area contributed by atoms with Crippen molar-refractivity contribution in [1.82, 2.24) is 0 Å². The van der Waals surface area contributed by atoms with E-state index in [4.69, 9.17) is 46.4 Å². The molecule has 0 aliphatic rings. The Labute approximate surface area is 158 Å². The second-order valence-corrected chi connectivity index (χ2v) is 7.10. The molecule has 0 N–H and O–H groups in total. The summed E-state index contributed by atoms with van der Waals surface area (Å²) < 4.78 is 75.0. The van der Waals surface area contributed by atoms with Gasteiger partial charge in [-0.3, -0.25) is 0 Å². The van der Waals surface area contributed by atoms with Gasteiger partial charge in [-0.05, 0) is 36.4 Å². The third-order valence-electron chi connectivity index (χ3n) is 3.26. The summed E-state index contributed by atoms with van der Waals surface area (Å²) in [6.45, 7) is 0. The van der Waals surface area contributed by atoms with E-state index in [-0.39, 0.29) is 10.0 Å². The number of halogens is 10. The SMILES string of the molecule is FC(F)(F)c1ccc(Cl)c(C(Cl)(Cl)c2cc(C(F)(F)F)ccc2Cl)c1. The van der Waals surface area contributed by atoms with Crippen LogP contribution in [0, 0.1) is 0 Å². The lowest BCUT2D eigenvalue weighted by molar-refractivity contribution is -0.138. The molecule has 136 valence electrons. The highest BCUT2D eigenvalue weighted by atomic mass is 35.5. The molecular weight excluding hydrogens is 436 g/mol. The summed E-state index contributed by atoms with van der Waals surface area (Å²) in [5, 5.41) is -0.516. The molecular formula is C15H6Cl4F6. The van der Waals surface area contributed by atoms with Gasteiger partial charge in [0.1, 0.15) is 0 Å². The van der Waals surface area contributed by atoms with Gasteiger partial charge in [-0.15, -0.1) is 0 Å². The van der Waals surface area contributed by atoms with Crippen LogP contribution in [-0.2, 0) is 16.7 Å². The summed E-state index contributed by atoms with van der Waals surface area (Å²) in [6, 6.07) is 4.34. The van der Waals surface area contributed by atoms with E-state index in [2.05, 4.69) is 0 Å². The summed E-state index contributed by atoms with van der Waals surface area (Å²) >= 11 is 23.9. The highest BCUT2D eigenvalue weighted by Gasteiger charge is 2.39. The van der Waals surface area contributed by atoms with Crippen molar-refractivity contribution < 1.29 is 26.3 Å². The molecule has 0 atom stereocenters. The third kappa shape index (κ3) is 4.30. The van der Waals surface area contributed by atoms with Gasteiger partial charge in [0.25, 0.3) is 0 Å². The minimum atomic E-state index is -4.72. The first kappa shape index (κ1) is 20.5. The van der Waals surface area contributed by atoms with Crippen molar-refractivity contribution in [3.05, 3.63) is 68.7 Å². The van der Waals surface area contributed by atoms with Gasteiger partial charge in [0, 0.05) is 21.2 Å². The lowest BCUT2D eigenvalue weighted by Gasteiger charge is -2.25. The number of hydrogen-bond acceptors (Lipinski definition) is 0. The van der Waals surface area contributed by atoms with E-state index in [0.29, 0.717) is 24.3 Å². The number of alkyl halides is 8. The van der Waals surface area contributed by atoms with Crippen LogP contribution < -0.4 is 0 Å². The van der Waals surface area contributed by atoms with Crippen LogP contribution >= 0.6 is 46.4 Å². The Morgan fingerprint density at radius 2 is 0.920 bits per heavy atom. The van der Waals surface area contributed by atoms with Crippen molar-refractivity contribution in [2.45, 2.75) is 16.7 Å². The second kappa shape index (κ2) is 6.72. The van der Waals surface area contributed by atoms with Crippen LogP contribution in [-0.4, -0.2) is 0 Å². The minimum absolute atomic E-state index is 0.258. The maximum absolute atomic E-state index is 12.9. The molecule has 0 fully saturated rings. The van der Waals surface area contributed by atoms with Crippen molar-refractivity contribution in [2.24, 2.45) is 0 Å². The molecule has 0 radical (unpaired) electrons. The quantitative estimate of drug-likeness (QED) is 0.330. The van der Waals surface area contributed by atoms with E-state index in [1.54, 1.807) is 0 Å². The smallest absolute Gasteiger partial charge is 0.166 e. The second-order valence-electron chi connectivity index (χ2n) is 4.96. The Kier molecular flexibility index (Phi) is 5.51. The highest BCUT2D eigenvalue weighted by Crippen LogP contribution is 2.49. The molecule has 0 unspecified atom stereocenters. The summed E-state index contributed by atoms with van der Waals surface area (Å²) in [5.74, 6) is 0. The predicted molar refractivity (Wildman–Crippen MR) is 85.4 cm³/mol. The Hall–Kier alpha value is -0.820. The first-order valence-corrected chi connectivity index (χ1v) is 7.88. The topological polar surface area (TPSA) is 0 Å². The Bertz CT molecular complexity index is 730. The van der Waals surface area contributed by atoms with Crippen molar-refractivity contribution >= 4 is 46.4 Å². The highest BCUT2D eigenvalue weighted by molar-refractivity contribution is 6.52. The first-order chi connectivity index (χ1) is 11.2. The van der Waals surface area contributed by atoms with Crippen LogP contribution in [0.4, 0.5) is 26.3 Å². The number of hydrogen-bond donors (Lipinski definition) is 0. The molecule has 25 heavy (non-hydrogen) atoms. The van der Waals surface area contributed by atoms with E-state index in [0.717, 1.165) is 12.1 Å². The Morgan fingerprint density at radius 3 is 1.20 bits per heavy atom. The summed E-state index contributed by atoms with van der Waals surface area (Å²) in [6.07, 6.45) is -9.44. The maximum Gasteiger partial charge on any atom is 0.416 e. The van der Waals surface area contributed by atoms with Gasteiger partial charge in [-0.1, -0.05) is 46.4 Å². The van der Waals surface area contributed by atoms with Gasteiger partial charge >= 0.3 is 12.4 Å². The summed E-state index contributed by atoms with van der Waals surface area (Å²) in [4.78, 5) is 0. The fraction of sp³-hybridized carbons (Fsp3) is 0.200. The fourth-order valence-electron chi connectivity index (χ4n) is 2.03. The maximum atomic E-state index is 12.9. The van der Waals surface area contributed by atoms with Gasteiger partial charge in [-0.25, -0.2) is 0 Å². The largest absolute Gasteiger partial charge is 0.416 e. The zero-order valence-corrected chi connectivity index (χ0v) is 14.8. The molecule has 0 bridgehead atoms. The fourth-order valence-corrected chi connectivity index (χ4v) is 3.37. The standard InChI is InChI=1S/C15H6Cl4F6/c16-11-3-1-7(14(20,21)22)5-9(11)13(18,19)10-6-8(15(23,24)25)2-4-12(10)17/h1-6H. The van der Waals surface area contributed by atoms with Gasteiger partial charge in [0.2, 0.25) is 0 Å². The van der Waals surface area contributed by atoms with Crippen molar-refractivity contribution in [2.75, 3.05) is 0 Å². The van der Waals surface area contributed by atoms with Crippen molar-refractivity contribution in [3.63, 3.8) is 0 Å². The van der Waals surface area contributed by atoms with Crippen LogP contribution in [0.25, 0.3) is 0 Å². The number of benzene rings is 2. The minimum Gasteiger partial charge on any atom is -0.166 e. The van der Waals surface area contributed by atoms with Gasteiger partial charge in [0.15, 0.2) is 4.33 Å². The van der Waals surface area contributed by atoms with Crippen LogP contribution in [0.3, 0.4) is 0 Å². The Morgan fingerprint density at radius 1 is 0.600 bits per heavy atom. The van der Waals surface area contributed by atoms with Gasteiger partial charge in [0.05, 0.1) is 11.1 Å². The van der Waals surface area contributed by atoms with E-state index in [9.17, 15) is 26.3 Å². The normalized spacial score (nSPS) is 13.2. The molecule has 0 nitrogen and oxygen atoms in total. The lowest BCUT2D eigenvalue weighted by atomic mass is 9.99. The van der Waals surface area contributed by atoms with E-state index in [1.807, 2.05) is 0 Å². The molecule has 0 heterocycles. The average molecular weight is 442 g/mol. The van der Waals surface area contributed by atoms with E-state index < -0.39 is 38.9 Å². The zero-order valence-electron chi connectivity index (χ0n) is 11.7. The molecule has 0 saturated heterocycles. The number of rotatable bonds is 2.